The average Bonchev–Trinajstić information content (AvgIpc) is 3.54. The predicted octanol–water partition coefficient (Wildman–Crippen LogP) is 6.54. The molecule has 1 aliphatic heterocycles. The molecule has 1 amide bonds. The number of unbranched alkanes of at least 4 members (excludes halogenated alkanes) is 2. The minimum atomic E-state index is -0.438. The molecule has 3 heterocycles. The molecular weight excluding hydrogens is 479 g/mol. The second-order valence-corrected chi connectivity index (χ2v) is 9.70. The van der Waals surface area contributed by atoms with Crippen molar-refractivity contribution in [1.29, 1.82) is 0 Å². The fraction of sp³-hybridized carbons (Fsp3) is 0.323. The molecule has 2 N–H and O–H groups in total. The number of aromatic amines is 1. The molecule has 1 saturated heterocycles. The van der Waals surface area contributed by atoms with Crippen LogP contribution < -0.4 is 10.1 Å². The van der Waals surface area contributed by atoms with E-state index >= 15 is 0 Å². The number of rotatable bonds is 11. The van der Waals surface area contributed by atoms with E-state index in [1.54, 1.807) is 0 Å². The molecule has 1 atom stereocenters. The number of amides is 1. The van der Waals surface area contributed by atoms with Gasteiger partial charge < -0.3 is 10.1 Å². The third-order valence-corrected chi connectivity index (χ3v) is 7.21. The molecule has 1 unspecified atom stereocenters. The second kappa shape index (κ2) is 12.0. The van der Waals surface area contributed by atoms with Gasteiger partial charge in [-0.15, -0.1) is 0 Å². The van der Waals surface area contributed by atoms with Crippen molar-refractivity contribution in [3.63, 3.8) is 0 Å². The third kappa shape index (κ3) is 5.77. The molecule has 0 aliphatic carbocycles. The Balaban J connectivity index is 1.32. The zero-order valence-corrected chi connectivity index (χ0v) is 21.7. The van der Waals surface area contributed by atoms with Gasteiger partial charge in [-0.25, -0.2) is 4.98 Å². The normalized spacial score (nSPS) is 15.9. The lowest BCUT2D eigenvalue weighted by Gasteiger charge is -2.16. The summed E-state index contributed by atoms with van der Waals surface area (Å²) in [5.41, 5.74) is 5.72. The van der Waals surface area contributed by atoms with E-state index in [9.17, 15) is 9.18 Å². The lowest BCUT2D eigenvalue weighted by atomic mass is 9.88. The summed E-state index contributed by atoms with van der Waals surface area (Å²) in [6.45, 7) is 3.53. The first-order valence-electron chi connectivity index (χ1n) is 13.4. The molecule has 1 fully saturated rings. The highest BCUT2D eigenvalue weighted by molar-refractivity contribution is 6.00. The van der Waals surface area contributed by atoms with Gasteiger partial charge in [0.05, 0.1) is 17.5 Å². The van der Waals surface area contributed by atoms with Crippen LogP contribution in [0.5, 0.6) is 5.88 Å². The zero-order valence-electron chi connectivity index (χ0n) is 21.7. The lowest BCUT2D eigenvalue weighted by Crippen LogP contribution is -2.18. The van der Waals surface area contributed by atoms with Gasteiger partial charge in [0, 0.05) is 30.3 Å². The van der Waals surface area contributed by atoms with E-state index in [4.69, 9.17) is 4.74 Å². The number of benzene rings is 2. The summed E-state index contributed by atoms with van der Waals surface area (Å²) >= 11 is 0. The van der Waals surface area contributed by atoms with Crippen LogP contribution in [0.4, 0.5) is 4.39 Å². The summed E-state index contributed by atoms with van der Waals surface area (Å²) in [5.74, 6) is 0.527. The number of ether oxygens (including phenoxy) is 1. The second-order valence-electron chi connectivity index (χ2n) is 9.70. The molecule has 0 radical (unpaired) electrons. The van der Waals surface area contributed by atoms with E-state index in [1.165, 1.54) is 0 Å². The molecule has 38 heavy (non-hydrogen) atoms. The van der Waals surface area contributed by atoms with Crippen molar-refractivity contribution in [2.45, 2.75) is 45.4 Å². The van der Waals surface area contributed by atoms with Crippen LogP contribution in [0.15, 0.2) is 66.9 Å². The maximum atomic E-state index is 14.4. The quantitative estimate of drug-likeness (QED) is 0.177. The number of halogens is 1. The molecule has 5 rings (SSSR count). The summed E-state index contributed by atoms with van der Waals surface area (Å²) in [4.78, 5) is 16.3. The number of hydrogen-bond acceptors (Lipinski definition) is 4. The molecule has 0 bridgehead atoms. The van der Waals surface area contributed by atoms with Crippen LogP contribution in [0.1, 0.15) is 62.1 Å². The molecule has 1 aliphatic rings. The Hall–Kier alpha value is -4.00. The minimum absolute atomic E-state index is 0.182. The van der Waals surface area contributed by atoms with Crippen molar-refractivity contribution < 1.29 is 13.9 Å². The molecule has 2 aromatic carbocycles. The summed E-state index contributed by atoms with van der Waals surface area (Å²) < 4.78 is 20.3. The van der Waals surface area contributed by atoms with Gasteiger partial charge in [-0.3, -0.25) is 9.89 Å². The maximum absolute atomic E-state index is 14.4. The van der Waals surface area contributed by atoms with Gasteiger partial charge in [-0.05, 0) is 66.2 Å². The van der Waals surface area contributed by atoms with E-state index in [2.05, 4.69) is 39.6 Å². The van der Waals surface area contributed by atoms with Crippen molar-refractivity contribution in [2.24, 2.45) is 5.92 Å². The van der Waals surface area contributed by atoms with Gasteiger partial charge in [0.15, 0.2) is 0 Å². The Bertz CT molecular complexity index is 1410. The smallest absolute Gasteiger partial charge is 0.223 e. The molecule has 4 aromatic rings. The summed E-state index contributed by atoms with van der Waals surface area (Å²) in [5, 5.41) is 9.83. The van der Waals surface area contributed by atoms with Crippen molar-refractivity contribution in [3.8, 4) is 5.88 Å². The van der Waals surface area contributed by atoms with E-state index < -0.39 is 5.95 Å². The molecule has 2 aromatic heterocycles. The largest absolute Gasteiger partial charge is 0.478 e. The topological polar surface area (TPSA) is 79.9 Å². The lowest BCUT2D eigenvalue weighted by molar-refractivity contribution is -0.122. The highest BCUT2D eigenvalue weighted by Crippen LogP contribution is 2.35. The maximum Gasteiger partial charge on any atom is 0.223 e. The van der Waals surface area contributed by atoms with Crippen molar-refractivity contribution >= 4 is 28.0 Å². The standard InChI is InChI=1S/C31H33FN4O2/c1-2-25(21-9-5-3-6-10-21)29(23-12-14-27-26(19-23)30(32)36-35-27)24-13-15-28(34-20-24)38-18-8-4-7-11-22-16-17-33-31(22)37/h3,5-6,9-10,12-15,19-20,22H,2,4,7-8,11,16-18H2,1H3,(H,33,37)(H,35,36)/b29-25-. The Kier molecular flexibility index (Phi) is 8.12. The van der Waals surface area contributed by atoms with E-state index in [-0.39, 0.29) is 11.8 Å². The van der Waals surface area contributed by atoms with E-state index in [0.717, 1.165) is 72.9 Å². The van der Waals surface area contributed by atoms with Crippen LogP contribution in [0.3, 0.4) is 0 Å². The van der Waals surface area contributed by atoms with Crippen LogP contribution in [-0.2, 0) is 4.79 Å². The van der Waals surface area contributed by atoms with Gasteiger partial charge in [0.2, 0.25) is 17.7 Å². The first kappa shape index (κ1) is 25.6. The number of allylic oxidation sites excluding steroid dienone is 1. The van der Waals surface area contributed by atoms with Crippen LogP contribution in [0, 0.1) is 11.9 Å². The predicted molar refractivity (Wildman–Crippen MR) is 148 cm³/mol. The third-order valence-electron chi connectivity index (χ3n) is 7.21. The molecule has 0 saturated carbocycles. The highest BCUT2D eigenvalue weighted by Gasteiger charge is 2.23. The number of nitrogens with one attached hydrogen (secondary N) is 2. The van der Waals surface area contributed by atoms with E-state index in [0.29, 0.717) is 23.4 Å². The highest BCUT2D eigenvalue weighted by atomic mass is 19.1. The number of hydrogen-bond donors (Lipinski definition) is 2. The van der Waals surface area contributed by atoms with Crippen LogP contribution in [0.2, 0.25) is 0 Å². The van der Waals surface area contributed by atoms with Crippen LogP contribution >= 0.6 is 0 Å². The molecular formula is C31H33FN4O2. The summed E-state index contributed by atoms with van der Waals surface area (Å²) in [6.07, 6.45) is 7.51. The van der Waals surface area contributed by atoms with Gasteiger partial charge in [-0.2, -0.15) is 9.49 Å². The van der Waals surface area contributed by atoms with Gasteiger partial charge >= 0.3 is 0 Å². The fourth-order valence-corrected chi connectivity index (χ4v) is 5.19. The number of pyridine rings is 1. The van der Waals surface area contributed by atoms with Crippen molar-refractivity contribution in [3.05, 3.63) is 89.5 Å². The minimum Gasteiger partial charge on any atom is -0.478 e. The summed E-state index contributed by atoms with van der Waals surface area (Å²) in [6, 6.07) is 19.8. The zero-order chi connectivity index (χ0) is 26.3. The monoisotopic (exact) mass is 512 g/mol. The molecule has 196 valence electrons. The number of H-pyrrole nitrogens is 1. The number of carbonyl (C=O) groups excluding carboxylic acids is 1. The fourth-order valence-electron chi connectivity index (χ4n) is 5.19. The Morgan fingerprint density at radius 3 is 2.61 bits per heavy atom. The first-order valence-corrected chi connectivity index (χ1v) is 13.4. The average molecular weight is 513 g/mol. The van der Waals surface area contributed by atoms with Gasteiger partial charge in [0.25, 0.3) is 0 Å². The Morgan fingerprint density at radius 1 is 1.03 bits per heavy atom. The molecule has 0 spiro atoms. The number of aromatic nitrogens is 3. The molecule has 7 heteroatoms. The molecule has 6 nitrogen and oxygen atoms in total. The van der Waals surface area contributed by atoms with Gasteiger partial charge in [0.1, 0.15) is 0 Å². The van der Waals surface area contributed by atoms with Crippen molar-refractivity contribution in [2.75, 3.05) is 13.2 Å². The first-order chi connectivity index (χ1) is 18.6. The van der Waals surface area contributed by atoms with Gasteiger partial charge in [-0.1, -0.05) is 56.2 Å². The van der Waals surface area contributed by atoms with E-state index in [1.807, 2.05) is 54.7 Å². The van der Waals surface area contributed by atoms with Crippen molar-refractivity contribution in [1.82, 2.24) is 20.5 Å². The number of fused-ring (bicyclic) bond motifs is 1. The number of nitrogens with zero attached hydrogens (tertiary/aromatic N) is 2. The van der Waals surface area contributed by atoms with Crippen LogP contribution in [0.25, 0.3) is 22.0 Å². The Morgan fingerprint density at radius 2 is 1.87 bits per heavy atom. The number of carbonyl (C=O) groups is 1. The SMILES string of the molecule is CC/C(=C(/c1ccc(OCCCCCC2CCNC2=O)nc1)c1ccc2n[nH]c(F)c2c1)c1ccccc1. The van der Waals surface area contributed by atoms with Crippen LogP contribution in [-0.4, -0.2) is 34.2 Å². The Labute approximate surface area is 222 Å². The summed E-state index contributed by atoms with van der Waals surface area (Å²) in [7, 11) is 0.